The molecular formula is C15H16ClNO3S. The van der Waals surface area contributed by atoms with Gasteiger partial charge in [-0.05, 0) is 26.8 Å². The molecule has 1 amide bonds. The Balaban J connectivity index is 2.06. The smallest absolute Gasteiger partial charge is 0.408 e. The number of rotatable bonds is 3. The number of amides is 1. The number of ether oxygens (including phenoxy) is 1. The molecule has 6 heteroatoms. The van der Waals surface area contributed by atoms with Crippen molar-refractivity contribution in [2.24, 2.45) is 0 Å². The Bertz CT molecular complexity index is 688. The summed E-state index contributed by atoms with van der Waals surface area (Å²) in [6, 6.07) is 7.53. The Morgan fingerprint density at radius 2 is 1.95 bits per heavy atom. The van der Waals surface area contributed by atoms with Gasteiger partial charge in [0.2, 0.25) is 0 Å². The van der Waals surface area contributed by atoms with Gasteiger partial charge in [-0.2, -0.15) is 0 Å². The maximum absolute atomic E-state index is 12.2. The lowest BCUT2D eigenvalue weighted by molar-refractivity contribution is 0.0520. The average molecular weight is 326 g/mol. The third-order valence-corrected chi connectivity index (χ3v) is 4.30. The first-order valence-electron chi connectivity index (χ1n) is 6.45. The second-order valence-electron chi connectivity index (χ2n) is 5.52. The van der Waals surface area contributed by atoms with Crippen LogP contribution in [0.2, 0.25) is 5.02 Å². The Kier molecular flexibility index (Phi) is 4.54. The number of hydrogen-bond donors (Lipinski definition) is 1. The summed E-state index contributed by atoms with van der Waals surface area (Å²) in [5.41, 5.74) is -0.595. The lowest BCUT2D eigenvalue weighted by Crippen LogP contribution is -2.35. The maximum Gasteiger partial charge on any atom is 0.408 e. The van der Waals surface area contributed by atoms with Gasteiger partial charge in [0.1, 0.15) is 5.60 Å². The lowest BCUT2D eigenvalue weighted by atomic mass is 10.2. The zero-order valence-corrected chi connectivity index (χ0v) is 13.6. The van der Waals surface area contributed by atoms with Crippen molar-refractivity contribution >= 4 is 44.9 Å². The minimum Gasteiger partial charge on any atom is -0.444 e. The van der Waals surface area contributed by atoms with Gasteiger partial charge < -0.3 is 10.1 Å². The lowest BCUT2D eigenvalue weighted by Gasteiger charge is -2.19. The number of benzene rings is 1. The molecule has 1 N–H and O–H groups in total. The third kappa shape index (κ3) is 3.95. The number of nitrogens with one attached hydrogen (secondary N) is 1. The van der Waals surface area contributed by atoms with E-state index in [0.717, 1.165) is 10.1 Å². The van der Waals surface area contributed by atoms with E-state index in [9.17, 15) is 9.59 Å². The number of hydrogen-bond acceptors (Lipinski definition) is 4. The van der Waals surface area contributed by atoms with E-state index in [4.69, 9.17) is 16.3 Å². The first-order valence-corrected chi connectivity index (χ1v) is 7.64. The van der Waals surface area contributed by atoms with E-state index in [-0.39, 0.29) is 12.3 Å². The molecule has 0 unspecified atom stereocenters. The molecule has 0 aliphatic carbocycles. The Morgan fingerprint density at radius 3 is 2.57 bits per heavy atom. The van der Waals surface area contributed by atoms with Gasteiger partial charge in [0.15, 0.2) is 5.78 Å². The van der Waals surface area contributed by atoms with Crippen molar-refractivity contribution in [3.05, 3.63) is 34.2 Å². The molecule has 0 saturated heterocycles. The van der Waals surface area contributed by atoms with Gasteiger partial charge in [0.25, 0.3) is 0 Å². The van der Waals surface area contributed by atoms with E-state index in [1.54, 1.807) is 20.8 Å². The minimum atomic E-state index is -0.618. The molecule has 0 radical (unpaired) electrons. The van der Waals surface area contributed by atoms with Crippen LogP contribution in [-0.4, -0.2) is 24.0 Å². The topological polar surface area (TPSA) is 55.4 Å². The van der Waals surface area contributed by atoms with E-state index in [1.807, 2.05) is 24.3 Å². The highest BCUT2D eigenvalue weighted by Gasteiger charge is 2.20. The molecule has 2 aromatic rings. The summed E-state index contributed by atoms with van der Waals surface area (Å²) < 4.78 is 6.03. The van der Waals surface area contributed by atoms with Crippen LogP contribution in [0.15, 0.2) is 24.3 Å². The first kappa shape index (κ1) is 15.8. The fraction of sp³-hybridized carbons (Fsp3) is 0.333. The number of halogens is 1. The Morgan fingerprint density at radius 1 is 1.29 bits per heavy atom. The number of thiophene rings is 1. The van der Waals surface area contributed by atoms with Crippen LogP contribution in [0.5, 0.6) is 0 Å². The van der Waals surface area contributed by atoms with Crippen molar-refractivity contribution in [2.45, 2.75) is 26.4 Å². The molecule has 21 heavy (non-hydrogen) atoms. The highest BCUT2D eigenvalue weighted by Crippen LogP contribution is 2.35. The summed E-state index contributed by atoms with van der Waals surface area (Å²) in [6.45, 7) is 5.15. The molecule has 0 aliphatic rings. The van der Waals surface area contributed by atoms with Crippen LogP contribution < -0.4 is 5.32 Å². The molecule has 1 aromatic carbocycles. The zero-order valence-electron chi connectivity index (χ0n) is 12.0. The summed E-state index contributed by atoms with van der Waals surface area (Å²) in [5, 5.41) is 3.73. The second-order valence-corrected chi connectivity index (χ2v) is 6.95. The molecule has 2 rings (SSSR count). The number of carbonyl (C=O) groups excluding carboxylic acids is 2. The van der Waals surface area contributed by atoms with E-state index >= 15 is 0 Å². The van der Waals surface area contributed by atoms with Crippen molar-refractivity contribution in [3.8, 4) is 0 Å². The van der Waals surface area contributed by atoms with Crippen LogP contribution in [0.1, 0.15) is 30.4 Å². The number of ketones is 1. The first-order chi connectivity index (χ1) is 9.78. The molecule has 0 atom stereocenters. The largest absolute Gasteiger partial charge is 0.444 e. The molecule has 0 aliphatic heterocycles. The van der Waals surface area contributed by atoms with Crippen LogP contribution in [0.3, 0.4) is 0 Å². The monoisotopic (exact) mass is 325 g/mol. The second kappa shape index (κ2) is 6.03. The number of Topliss-reactive ketones (excluding diaryl/α,β-unsaturated/α-hetero) is 1. The van der Waals surface area contributed by atoms with E-state index in [1.165, 1.54) is 11.3 Å². The normalized spacial score (nSPS) is 11.4. The molecule has 0 bridgehead atoms. The van der Waals surface area contributed by atoms with E-state index in [0.29, 0.717) is 9.90 Å². The van der Waals surface area contributed by atoms with Crippen LogP contribution in [0.25, 0.3) is 10.1 Å². The minimum absolute atomic E-state index is 0.137. The van der Waals surface area contributed by atoms with Crippen molar-refractivity contribution in [3.63, 3.8) is 0 Å². The summed E-state index contributed by atoms with van der Waals surface area (Å²) in [7, 11) is 0. The Labute approximate surface area is 132 Å². The van der Waals surface area contributed by atoms with Gasteiger partial charge in [-0.15, -0.1) is 11.3 Å². The summed E-state index contributed by atoms with van der Waals surface area (Å²) in [5.74, 6) is -0.230. The van der Waals surface area contributed by atoms with Gasteiger partial charge in [0.05, 0.1) is 16.4 Å². The van der Waals surface area contributed by atoms with Crippen molar-refractivity contribution < 1.29 is 14.3 Å². The fourth-order valence-electron chi connectivity index (χ4n) is 1.74. The van der Waals surface area contributed by atoms with Crippen molar-refractivity contribution in [2.75, 3.05) is 6.54 Å². The summed E-state index contributed by atoms with van der Waals surface area (Å²) >= 11 is 7.54. The molecule has 0 saturated carbocycles. The van der Waals surface area contributed by atoms with Crippen LogP contribution in [-0.2, 0) is 4.74 Å². The highest BCUT2D eigenvalue weighted by molar-refractivity contribution is 7.21. The third-order valence-electron chi connectivity index (χ3n) is 2.58. The number of fused-ring (bicyclic) bond motifs is 1. The quantitative estimate of drug-likeness (QED) is 0.858. The van der Waals surface area contributed by atoms with Crippen molar-refractivity contribution in [1.29, 1.82) is 0 Å². The number of alkyl carbamates (subject to hydrolysis) is 1. The molecule has 1 heterocycles. The van der Waals surface area contributed by atoms with Crippen LogP contribution >= 0.6 is 22.9 Å². The standard InChI is InChI=1S/C15H16ClNO3S/c1-15(2,3)20-14(19)17-8-10(18)13-12(16)9-6-4-5-7-11(9)21-13/h4-7H,8H2,1-3H3,(H,17,19). The summed E-state index contributed by atoms with van der Waals surface area (Å²) in [6.07, 6.45) is -0.618. The van der Waals surface area contributed by atoms with Crippen LogP contribution in [0, 0.1) is 0 Å². The molecule has 0 fully saturated rings. The summed E-state index contributed by atoms with van der Waals surface area (Å²) in [4.78, 5) is 24.1. The Hall–Kier alpha value is -1.59. The van der Waals surface area contributed by atoms with Crippen LogP contribution in [0.4, 0.5) is 4.79 Å². The van der Waals surface area contributed by atoms with E-state index < -0.39 is 11.7 Å². The van der Waals surface area contributed by atoms with Gasteiger partial charge in [-0.25, -0.2) is 4.79 Å². The maximum atomic E-state index is 12.2. The van der Waals surface area contributed by atoms with E-state index in [2.05, 4.69) is 5.32 Å². The fourth-order valence-corrected chi connectivity index (χ4v) is 3.21. The number of carbonyl (C=O) groups is 2. The van der Waals surface area contributed by atoms with Gasteiger partial charge in [-0.1, -0.05) is 29.8 Å². The highest BCUT2D eigenvalue weighted by atomic mass is 35.5. The van der Waals surface area contributed by atoms with Gasteiger partial charge in [0, 0.05) is 10.1 Å². The van der Waals surface area contributed by atoms with Gasteiger partial charge in [-0.3, -0.25) is 4.79 Å². The molecule has 0 spiro atoms. The average Bonchev–Trinajstić information content (AvgIpc) is 2.72. The van der Waals surface area contributed by atoms with Crippen molar-refractivity contribution in [1.82, 2.24) is 5.32 Å². The SMILES string of the molecule is CC(C)(C)OC(=O)NCC(=O)c1sc2ccccc2c1Cl. The molecule has 4 nitrogen and oxygen atoms in total. The predicted octanol–water partition coefficient (Wildman–Crippen LogP) is 4.26. The molecule has 1 aromatic heterocycles. The molecule has 112 valence electrons. The van der Waals surface area contributed by atoms with Gasteiger partial charge >= 0.3 is 6.09 Å². The zero-order chi connectivity index (χ0) is 15.6. The molecular weight excluding hydrogens is 310 g/mol. The predicted molar refractivity (Wildman–Crippen MR) is 85.4 cm³/mol.